The highest BCUT2D eigenvalue weighted by molar-refractivity contribution is 8.15. The molecule has 2 heterocycles. The predicted molar refractivity (Wildman–Crippen MR) is 166 cm³/mol. The van der Waals surface area contributed by atoms with Crippen LogP contribution in [-0.4, -0.2) is 44.0 Å². The lowest BCUT2D eigenvalue weighted by Crippen LogP contribution is -2.32. The number of hydrogen-bond donors (Lipinski definition) is 1. The maximum absolute atomic E-state index is 13.1. The summed E-state index contributed by atoms with van der Waals surface area (Å²) in [6, 6.07) is 18.2. The molecule has 0 bridgehead atoms. The number of carbonyl (C=O) groups excluding carboxylic acids is 2. The largest absolute Gasteiger partial charge is 0.573 e. The van der Waals surface area contributed by atoms with Gasteiger partial charge in [0.05, 0.1) is 17.1 Å². The van der Waals surface area contributed by atoms with Crippen molar-refractivity contribution in [3.63, 3.8) is 0 Å². The number of alkyl halides is 3. The SMILES string of the molecule is Cc1cccc(C)c1N1C(=O)CSC1=NC(=O)NC1=C(c2ccc(-c3ncn(-c4ccc(OC(F)(F)F)cc4)n3)cc2)CCC1. The third-order valence-electron chi connectivity index (χ3n) is 7.42. The minimum Gasteiger partial charge on any atom is -0.406 e. The van der Waals surface area contributed by atoms with E-state index in [0.717, 1.165) is 52.1 Å². The summed E-state index contributed by atoms with van der Waals surface area (Å²) in [6.07, 6.45) is -0.922. The monoisotopic (exact) mass is 632 g/mol. The van der Waals surface area contributed by atoms with E-state index >= 15 is 0 Å². The standard InChI is InChI=1S/C32H27F3N6O3S/c1-19-5-3-6-20(2)28(19)41-27(42)17-45-31(41)38-30(43)37-26-8-4-7-25(26)21-9-11-22(12-10-21)29-36-18-40(39-29)23-13-15-24(16-14-23)44-32(33,34)35/h3,5-6,9-16,18H,4,7-8,17H2,1-2H3,(H,37,43). The number of aliphatic imine (C=N–C) groups is 1. The summed E-state index contributed by atoms with van der Waals surface area (Å²) in [7, 11) is 0. The highest BCUT2D eigenvalue weighted by atomic mass is 32.2. The third kappa shape index (κ3) is 6.63. The second-order valence-corrected chi connectivity index (χ2v) is 11.5. The fourth-order valence-corrected chi connectivity index (χ4v) is 6.26. The topological polar surface area (TPSA) is 102 Å². The van der Waals surface area contributed by atoms with Gasteiger partial charge < -0.3 is 10.1 Å². The molecule has 1 fully saturated rings. The van der Waals surface area contributed by atoms with E-state index in [2.05, 4.69) is 25.1 Å². The highest BCUT2D eigenvalue weighted by Gasteiger charge is 2.33. The molecular formula is C32H27F3N6O3S. The van der Waals surface area contributed by atoms with E-state index in [1.165, 1.54) is 51.9 Å². The number of benzene rings is 3. The van der Waals surface area contributed by atoms with Crippen LogP contribution in [0.1, 0.15) is 36.0 Å². The second kappa shape index (κ2) is 12.2. The van der Waals surface area contributed by atoms with Crippen molar-refractivity contribution in [1.29, 1.82) is 0 Å². The van der Waals surface area contributed by atoms with Gasteiger partial charge in [0.2, 0.25) is 5.91 Å². The van der Waals surface area contributed by atoms with Gasteiger partial charge in [0, 0.05) is 11.3 Å². The molecule has 0 saturated carbocycles. The van der Waals surface area contributed by atoms with Gasteiger partial charge in [0.15, 0.2) is 11.0 Å². The van der Waals surface area contributed by atoms with Crippen LogP contribution in [0.4, 0.5) is 23.7 Å². The van der Waals surface area contributed by atoms with Crippen molar-refractivity contribution in [1.82, 2.24) is 20.1 Å². The number of allylic oxidation sites excluding steroid dienone is 2. The number of halogens is 3. The predicted octanol–water partition coefficient (Wildman–Crippen LogP) is 7.19. The van der Waals surface area contributed by atoms with Gasteiger partial charge in [-0.3, -0.25) is 9.69 Å². The molecule has 45 heavy (non-hydrogen) atoms. The van der Waals surface area contributed by atoms with Crippen molar-refractivity contribution in [3.05, 3.63) is 95.4 Å². The fourth-order valence-electron chi connectivity index (χ4n) is 5.41. The van der Waals surface area contributed by atoms with Gasteiger partial charge in [-0.25, -0.2) is 14.5 Å². The van der Waals surface area contributed by atoms with Crippen LogP contribution in [-0.2, 0) is 4.79 Å². The number of ether oxygens (including phenoxy) is 1. The number of hydrogen-bond acceptors (Lipinski definition) is 6. The number of amides is 3. The Morgan fingerprint density at radius 3 is 2.36 bits per heavy atom. The molecule has 9 nitrogen and oxygen atoms in total. The van der Waals surface area contributed by atoms with Gasteiger partial charge in [-0.05, 0) is 79.6 Å². The molecule has 2 aliphatic rings. The van der Waals surface area contributed by atoms with Crippen LogP contribution >= 0.6 is 11.8 Å². The van der Waals surface area contributed by atoms with Crippen molar-refractivity contribution in [2.75, 3.05) is 10.7 Å². The van der Waals surface area contributed by atoms with Gasteiger partial charge in [-0.15, -0.1) is 18.3 Å². The molecule has 0 spiro atoms. The van der Waals surface area contributed by atoms with Gasteiger partial charge in [-0.1, -0.05) is 54.2 Å². The quantitative estimate of drug-likeness (QED) is 0.242. The molecule has 6 rings (SSSR count). The number of nitrogens with zero attached hydrogens (tertiary/aromatic N) is 5. The molecular weight excluding hydrogens is 605 g/mol. The van der Waals surface area contributed by atoms with E-state index in [-0.39, 0.29) is 17.4 Å². The molecule has 1 aliphatic carbocycles. The number of para-hydroxylation sites is 1. The molecule has 0 unspecified atom stereocenters. The lowest BCUT2D eigenvalue weighted by atomic mass is 10.0. The van der Waals surface area contributed by atoms with Crippen molar-refractivity contribution in [3.8, 4) is 22.8 Å². The van der Waals surface area contributed by atoms with E-state index < -0.39 is 12.4 Å². The van der Waals surface area contributed by atoms with Crippen LogP contribution in [0.2, 0.25) is 0 Å². The summed E-state index contributed by atoms with van der Waals surface area (Å²) in [5, 5.41) is 7.77. The summed E-state index contributed by atoms with van der Waals surface area (Å²) in [6.45, 7) is 3.86. The van der Waals surface area contributed by atoms with Crippen LogP contribution in [0, 0.1) is 13.8 Å². The number of amidine groups is 1. The average Bonchev–Trinajstić information content (AvgIpc) is 3.74. The van der Waals surface area contributed by atoms with Gasteiger partial charge >= 0.3 is 12.4 Å². The van der Waals surface area contributed by atoms with Crippen molar-refractivity contribution in [2.24, 2.45) is 4.99 Å². The normalized spacial score (nSPS) is 16.2. The van der Waals surface area contributed by atoms with Crippen molar-refractivity contribution in [2.45, 2.75) is 39.5 Å². The maximum atomic E-state index is 13.1. The Kier molecular flexibility index (Phi) is 8.19. The zero-order valence-corrected chi connectivity index (χ0v) is 25.1. The van der Waals surface area contributed by atoms with Crippen LogP contribution in [0.15, 0.2) is 83.7 Å². The van der Waals surface area contributed by atoms with Gasteiger partial charge in [-0.2, -0.15) is 4.99 Å². The first-order valence-electron chi connectivity index (χ1n) is 14.1. The number of rotatable bonds is 6. The average molecular weight is 633 g/mol. The summed E-state index contributed by atoms with van der Waals surface area (Å²) < 4.78 is 42.7. The first-order chi connectivity index (χ1) is 21.6. The number of carbonyl (C=O) groups is 2. The molecule has 0 radical (unpaired) electrons. The zero-order chi connectivity index (χ0) is 31.7. The fraction of sp³-hybridized carbons (Fsp3) is 0.219. The van der Waals surface area contributed by atoms with E-state index in [1.54, 1.807) is 0 Å². The molecule has 0 atom stereocenters. The van der Waals surface area contributed by atoms with E-state index in [0.29, 0.717) is 23.1 Å². The highest BCUT2D eigenvalue weighted by Crippen LogP contribution is 2.35. The van der Waals surface area contributed by atoms with Crippen LogP contribution in [0.25, 0.3) is 22.6 Å². The van der Waals surface area contributed by atoms with Crippen LogP contribution < -0.4 is 15.0 Å². The molecule has 230 valence electrons. The van der Waals surface area contributed by atoms with Gasteiger partial charge in [0.1, 0.15) is 12.1 Å². The number of aromatic nitrogens is 3. The van der Waals surface area contributed by atoms with Crippen molar-refractivity contribution < 1.29 is 27.5 Å². The Labute approximate surface area is 260 Å². The first kappa shape index (κ1) is 30.1. The van der Waals surface area contributed by atoms with Crippen LogP contribution in [0.3, 0.4) is 0 Å². The molecule has 3 aromatic carbocycles. The minimum atomic E-state index is -4.76. The minimum absolute atomic E-state index is 0.113. The van der Waals surface area contributed by atoms with E-state index in [4.69, 9.17) is 0 Å². The smallest absolute Gasteiger partial charge is 0.406 e. The summed E-state index contributed by atoms with van der Waals surface area (Å²) >= 11 is 1.25. The Bertz CT molecular complexity index is 1810. The van der Waals surface area contributed by atoms with Gasteiger partial charge in [0.25, 0.3) is 0 Å². The summed E-state index contributed by atoms with van der Waals surface area (Å²) in [5.41, 5.74) is 6.64. The second-order valence-electron chi connectivity index (χ2n) is 10.5. The molecule has 3 amide bonds. The number of thioether (sulfide) groups is 1. The summed E-state index contributed by atoms with van der Waals surface area (Å²) in [5.74, 6) is 0.228. The molecule has 4 aromatic rings. The maximum Gasteiger partial charge on any atom is 0.573 e. The van der Waals surface area contributed by atoms with Crippen molar-refractivity contribution >= 4 is 40.1 Å². The molecule has 1 N–H and O–H groups in total. The van der Waals surface area contributed by atoms with Crippen LogP contribution in [0.5, 0.6) is 5.75 Å². The molecule has 1 saturated heterocycles. The Morgan fingerprint density at radius 1 is 0.978 bits per heavy atom. The zero-order valence-electron chi connectivity index (χ0n) is 24.3. The number of aryl methyl sites for hydroxylation is 2. The molecule has 13 heteroatoms. The number of nitrogens with one attached hydrogen (secondary N) is 1. The molecule has 1 aliphatic heterocycles. The molecule has 1 aromatic heterocycles. The Balaban J connectivity index is 1.16. The third-order valence-corrected chi connectivity index (χ3v) is 8.34. The Hall–Kier alpha value is -4.91. The lowest BCUT2D eigenvalue weighted by Gasteiger charge is -2.20. The Morgan fingerprint density at radius 2 is 1.67 bits per heavy atom. The summed E-state index contributed by atoms with van der Waals surface area (Å²) in [4.78, 5) is 36.0. The first-order valence-corrected chi connectivity index (χ1v) is 15.1. The number of anilines is 1. The number of urea groups is 1. The van der Waals surface area contributed by atoms with E-state index in [9.17, 15) is 22.8 Å². The lowest BCUT2D eigenvalue weighted by molar-refractivity contribution is -0.274. The van der Waals surface area contributed by atoms with E-state index in [1.807, 2.05) is 56.3 Å².